The van der Waals surface area contributed by atoms with Crippen LogP contribution in [0.5, 0.6) is 0 Å². The fraction of sp³-hybridized carbons (Fsp3) is 0.500. The molecule has 1 aromatic rings. The minimum atomic E-state index is -0.960. The Bertz CT molecular complexity index is 435. The van der Waals surface area contributed by atoms with Crippen LogP contribution in [-0.2, 0) is 11.2 Å². The molecule has 0 aliphatic carbocycles. The van der Waals surface area contributed by atoms with E-state index in [9.17, 15) is 13.6 Å². The largest absolute Gasteiger partial charge is 0.481 e. The lowest BCUT2D eigenvalue weighted by Gasteiger charge is -2.18. The van der Waals surface area contributed by atoms with Gasteiger partial charge in [-0.25, -0.2) is 8.78 Å². The Morgan fingerprint density at radius 1 is 1.37 bits per heavy atom. The van der Waals surface area contributed by atoms with Crippen LogP contribution >= 0.6 is 0 Å². The fourth-order valence-electron chi connectivity index (χ4n) is 1.79. The number of halogens is 2. The molecule has 0 saturated heterocycles. The van der Waals surface area contributed by atoms with Gasteiger partial charge in [0.2, 0.25) is 0 Å². The molecule has 3 nitrogen and oxygen atoms in total. The first-order valence-corrected chi connectivity index (χ1v) is 6.27. The summed E-state index contributed by atoms with van der Waals surface area (Å²) in [4.78, 5) is 10.8. The number of rotatable bonds is 7. The minimum Gasteiger partial charge on any atom is -0.481 e. The van der Waals surface area contributed by atoms with E-state index in [4.69, 9.17) is 5.11 Å². The zero-order valence-electron chi connectivity index (χ0n) is 11.1. The highest BCUT2D eigenvalue weighted by Gasteiger charge is 2.16. The molecule has 5 heteroatoms. The normalized spacial score (nSPS) is 12.7. The molecule has 0 fully saturated rings. The molecule has 0 bridgehead atoms. The van der Waals surface area contributed by atoms with Crippen molar-refractivity contribution in [1.29, 1.82) is 0 Å². The van der Waals surface area contributed by atoms with Crippen molar-refractivity contribution in [3.8, 4) is 0 Å². The fourth-order valence-corrected chi connectivity index (χ4v) is 1.79. The quantitative estimate of drug-likeness (QED) is 0.801. The van der Waals surface area contributed by atoms with Crippen molar-refractivity contribution in [2.75, 3.05) is 6.54 Å². The standard InChI is InChI=1S/C14H19F2NO2/c1-9(2)8-17-12(7-14(18)19)6-10-5-11(15)3-4-13(10)16/h3-5,9,12,17H,6-8H2,1-2H3,(H,18,19). The van der Waals surface area contributed by atoms with Gasteiger partial charge in [0, 0.05) is 6.04 Å². The number of nitrogens with one attached hydrogen (secondary N) is 1. The molecular weight excluding hydrogens is 252 g/mol. The van der Waals surface area contributed by atoms with Crippen LogP contribution in [0.3, 0.4) is 0 Å². The molecule has 0 saturated carbocycles. The highest BCUT2D eigenvalue weighted by molar-refractivity contribution is 5.67. The smallest absolute Gasteiger partial charge is 0.304 e. The van der Waals surface area contributed by atoms with Gasteiger partial charge in [0.1, 0.15) is 11.6 Å². The van der Waals surface area contributed by atoms with Crippen molar-refractivity contribution in [2.45, 2.75) is 32.7 Å². The second-order valence-corrected chi connectivity index (χ2v) is 5.04. The van der Waals surface area contributed by atoms with Gasteiger partial charge < -0.3 is 10.4 Å². The van der Waals surface area contributed by atoms with Crippen molar-refractivity contribution in [3.05, 3.63) is 35.4 Å². The van der Waals surface area contributed by atoms with E-state index in [1.807, 2.05) is 13.8 Å². The predicted molar refractivity (Wildman–Crippen MR) is 68.9 cm³/mol. The third-order valence-corrected chi connectivity index (χ3v) is 2.71. The van der Waals surface area contributed by atoms with Gasteiger partial charge >= 0.3 is 5.97 Å². The van der Waals surface area contributed by atoms with E-state index in [0.29, 0.717) is 12.5 Å². The summed E-state index contributed by atoms with van der Waals surface area (Å²) in [6, 6.07) is 2.81. The molecule has 0 spiro atoms. The average molecular weight is 271 g/mol. The summed E-state index contributed by atoms with van der Waals surface area (Å²) in [7, 11) is 0. The van der Waals surface area contributed by atoms with Gasteiger partial charge in [-0.05, 0) is 42.6 Å². The van der Waals surface area contributed by atoms with E-state index < -0.39 is 23.6 Å². The molecule has 1 aromatic carbocycles. The Morgan fingerprint density at radius 2 is 2.05 bits per heavy atom. The summed E-state index contributed by atoms with van der Waals surface area (Å²) in [5, 5.41) is 11.9. The van der Waals surface area contributed by atoms with Crippen LogP contribution in [-0.4, -0.2) is 23.7 Å². The van der Waals surface area contributed by atoms with Crippen LogP contribution < -0.4 is 5.32 Å². The Morgan fingerprint density at radius 3 is 2.63 bits per heavy atom. The van der Waals surface area contributed by atoms with Crippen LogP contribution in [0.4, 0.5) is 8.78 Å². The Kier molecular flexibility index (Phi) is 5.89. The molecule has 0 aromatic heterocycles. The number of benzene rings is 1. The summed E-state index contributed by atoms with van der Waals surface area (Å²) >= 11 is 0. The molecule has 0 heterocycles. The highest BCUT2D eigenvalue weighted by atomic mass is 19.1. The Hall–Kier alpha value is -1.49. The van der Waals surface area contributed by atoms with Gasteiger partial charge in [0.25, 0.3) is 0 Å². The zero-order valence-corrected chi connectivity index (χ0v) is 11.1. The topological polar surface area (TPSA) is 49.3 Å². The van der Waals surface area contributed by atoms with Crippen molar-refractivity contribution < 1.29 is 18.7 Å². The molecule has 1 rings (SSSR count). The van der Waals surface area contributed by atoms with E-state index in [-0.39, 0.29) is 18.4 Å². The minimum absolute atomic E-state index is 0.122. The number of carboxylic acid groups (broad SMARTS) is 1. The zero-order chi connectivity index (χ0) is 14.4. The van der Waals surface area contributed by atoms with Gasteiger partial charge in [0.15, 0.2) is 0 Å². The first-order valence-electron chi connectivity index (χ1n) is 6.27. The lowest BCUT2D eigenvalue weighted by molar-refractivity contribution is -0.137. The van der Waals surface area contributed by atoms with Crippen LogP contribution in [0.2, 0.25) is 0 Å². The maximum absolute atomic E-state index is 13.5. The van der Waals surface area contributed by atoms with Gasteiger partial charge in [0.05, 0.1) is 6.42 Å². The van der Waals surface area contributed by atoms with Crippen LogP contribution in [0.15, 0.2) is 18.2 Å². The summed E-state index contributed by atoms with van der Waals surface area (Å²) in [5.41, 5.74) is 0.197. The second kappa shape index (κ2) is 7.19. The molecule has 1 atom stereocenters. The molecule has 0 aliphatic heterocycles. The first-order chi connectivity index (χ1) is 8.88. The van der Waals surface area contributed by atoms with E-state index in [1.54, 1.807) is 0 Å². The van der Waals surface area contributed by atoms with Gasteiger partial charge in [-0.3, -0.25) is 4.79 Å². The predicted octanol–water partition coefficient (Wildman–Crippen LogP) is 2.60. The second-order valence-electron chi connectivity index (χ2n) is 5.04. The SMILES string of the molecule is CC(C)CNC(CC(=O)O)Cc1cc(F)ccc1F. The van der Waals surface area contributed by atoms with E-state index >= 15 is 0 Å². The molecule has 0 aliphatic rings. The third-order valence-electron chi connectivity index (χ3n) is 2.71. The lowest BCUT2D eigenvalue weighted by atomic mass is 10.0. The summed E-state index contributed by atoms with van der Waals surface area (Å²) in [6.07, 6.45) is 0.0330. The van der Waals surface area contributed by atoms with Crippen LogP contribution in [0.25, 0.3) is 0 Å². The molecule has 2 N–H and O–H groups in total. The van der Waals surface area contributed by atoms with E-state index in [0.717, 1.165) is 18.2 Å². The Labute approximate surface area is 111 Å². The first kappa shape index (κ1) is 15.6. The van der Waals surface area contributed by atoms with Crippen molar-refractivity contribution >= 4 is 5.97 Å². The Balaban J connectivity index is 2.74. The number of hydrogen-bond acceptors (Lipinski definition) is 2. The summed E-state index contributed by atoms with van der Waals surface area (Å²) < 4.78 is 26.6. The molecule has 106 valence electrons. The van der Waals surface area contributed by atoms with Crippen LogP contribution in [0, 0.1) is 17.6 Å². The lowest BCUT2D eigenvalue weighted by Crippen LogP contribution is -2.36. The molecule has 0 amide bonds. The van der Waals surface area contributed by atoms with Gasteiger partial charge in [-0.2, -0.15) is 0 Å². The third kappa shape index (κ3) is 5.79. The van der Waals surface area contributed by atoms with Crippen LogP contribution in [0.1, 0.15) is 25.8 Å². The number of hydrogen-bond donors (Lipinski definition) is 2. The number of carbonyl (C=O) groups is 1. The number of carboxylic acids is 1. The van der Waals surface area contributed by atoms with Crippen molar-refractivity contribution in [1.82, 2.24) is 5.32 Å². The molecule has 1 unspecified atom stereocenters. The average Bonchev–Trinajstić information content (AvgIpc) is 2.30. The van der Waals surface area contributed by atoms with Crippen molar-refractivity contribution in [3.63, 3.8) is 0 Å². The van der Waals surface area contributed by atoms with E-state index in [2.05, 4.69) is 5.32 Å². The molecule has 19 heavy (non-hydrogen) atoms. The summed E-state index contributed by atoms with van der Waals surface area (Å²) in [5.74, 6) is -1.64. The number of aliphatic carboxylic acids is 1. The van der Waals surface area contributed by atoms with Gasteiger partial charge in [-0.1, -0.05) is 13.8 Å². The maximum Gasteiger partial charge on any atom is 0.304 e. The van der Waals surface area contributed by atoms with Gasteiger partial charge in [-0.15, -0.1) is 0 Å². The highest BCUT2D eigenvalue weighted by Crippen LogP contribution is 2.13. The monoisotopic (exact) mass is 271 g/mol. The molecular formula is C14H19F2NO2. The molecule has 0 radical (unpaired) electrons. The van der Waals surface area contributed by atoms with E-state index in [1.165, 1.54) is 0 Å². The maximum atomic E-state index is 13.5. The summed E-state index contributed by atoms with van der Waals surface area (Å²) in [6.45, 7) is 4.62. The van der Waals surface area contributed by atoms with Crippen molar-refractivity contribution in [2.24, 2.45) is 5.92 Å².